The van der Waals surface area contributed by atoms with Gasteiger partial charge in [0.2, 0.25) is 0 Å². The summed E-state index contributed by atoms with van der Waals surface area (Å²) in [7, 11) is 1.86. The number of aromatic nitrogens is 3. The number of aliphatic hydroxyl groups is 1. The third-order valence-corrected chi connectivity index (χ3v) is 2.41. The molecule has 0 aliphatic rings. The van der Waals surface area contributed by atoms with Crippen molar-refractivity contribution in [3.05, 3.63) is 23.8 Å². The molecule has 3 N–H and O–H groups in total. The van der Waals surface area contributed by atoms with Crippen LogP contribution in [0.3, 0.4) is 0 Å². The molecular weight excluding hydrogens is 228 g/mol. The van der Waals surface area contributed by atoms with Crippen LogP contribution in [0, 0.1) is 0 Å². The van der Waals surface area contributed by atoms with Gasteiger partial charge in [-0.05, 0) is 24.1 Å². The summed E-state index contributed by atoms with van der Waals surface area (Å²) in [5.41, 5.74) is 8.59. The summed E-state index contributed by atoms with van der Waals surface area (Å²) in [6.45, 7) is -0.00148. The predicted molar refractivity (Wildman–Crippen MR) is 64.5 cm³/mol. The molecule has 1 atom stereocenters. The molecule has 6 heteroatoms. The van der Waals surface area contributed by atoms with Crippen LogP contribution >= 0.6 is 12.4 Å². The summed E-state index contributed by atoms with van der Waals surface area (Å²) < 4.78 is 1.73. The Morgan fingerprint density at radius 3 is 2.94 bits per heavy atom. The molecule has 1 heterocycles. The molecule has 0 amide bonds. The number of fused-ring (bicyclic) bond motifs is 1. The zero-order chi connectivity index (χ0) is 10.8. The van der Waals surface area contributed by atoms with Gasteiger partial charge >= 0.3 is 0 Å². The van der Waals surface area contributed by atoms with E-state index in [0.29, 0.717) is 6.42 Å². The van der Waals surface area contributed by atoms with Gasteiger partial charge in [0.25, 0.3) is 0 Å². The Morgan fingerprint density at radius 2 is 2.25 bits per heavy atom. The summed E-state index contributed by atoms with van der Waals surface area (Å²) in [5, 5.41) is 16.8. The Labute approximate surface area is 99.7 Å². The van der Waals surface area contributed by atoms with E-state index in [1.807, 2.05) is 25.2 Å². The first-order valence-corrected chi connectivity index (χ1v) is 4.85. The third kappa shape index (κ3) is 2.49. The summed E-state index contributed by atoms with van der Waals surface area (Å²) in [5.74, 6) is 0. The molecule has 88 valence electrons. The van der Waals surface area contributed by atoms with Gasteiger partial charge < -0.3 is 10.8 Å². The van der Waals surface area contributed by atoms with Gasteiger partial charge in [-0.15, -0.1) is 17.5 Å². The van der Waals surface area contributed by atoms with Crippen molar-refractivity contribution in [2.24, 2.45) is 12.8 Å². The number of hydrogen-bond donors (Lipinski definition) is 2. The molecule has 0 aliphatic heterocycles. The fraction of sp³-hybridized carbons (Fsp3) is 0.400. The highest BCUT2D eigenvalue weighted by Crippen LogP contribution is 2.13. The molecule has 0 aliphatic carbocycles. The fourth-order valence-corrected chi connectivity index (χ4v) is 1.58. The first-order chi connectivity index (χ1) is 7.20. The number of aliphatic hydroxyl groups excluding tert-OH is 1. The average molecular weight is 243 g/mol. The molecule has 5 nitrogen and oxygen atoms in total. The quantitative estimate of drug-likeness (QED) is 0.809. The SMILES string of the molecule is Cl.Cn1nnc2cc(CC(N)CO)ccc21. The summed E-state index contributed by atoms with van der Waals surface area (Å²) in [4.78, 5) is 0. The molecule has 0 fully saturated rings. The lowest BCUT2D eigenvalue weighted by atomic mass is 10.1. The van der Waals surface area contributed by atoms with E-state index in [2.05, 4.69) is 10.3 Å². The van der Waals surface area contributed by atoms with Crippen molar-refractivity contribution in [3.63, 3.8) is 0 Å². The van der Waals surface area contributed by atoms with E-state index in [4.69, 9.17) is 10.8 Å². The number of rotatable bonds is 3. The minimum atomic E-state index is -0.209. The van der Waals surface area contributed by atoms with Gasteiger partial charge in [0.15, 0.2) is 0 Å². The second-order valence-electron chi connectivity index (χ2n) is 3.68. The molecule has 1 aromatic carbocycles. The molecule has 1 aromatic heterocycles. The van der Waals surface area contributed by atoms with Gasteiger partial charge in [0, 0.05) is 13.1 Å². The molecule has 2 rings (SSSR count). The van der Waals surface area contributed by atoms with Gasteiger partial charge in [0.05, 0.1) is 12.1 Å². The highest BCUT2D eigenvalue weighted by Gasteiger charge is 2.05. The zero-order valence-electron chi connectivity index (χ0n) is 9.00. The van der Waals surface area contributed by atoms with Crippen molar-refractivity contribution in [1.29, 1.82) is 0 Å². The standard InChI is InChI=1S/C10H14N4O.ClH/c1-14-10-3-2-7(4-8(11)6-15)5-9(10)12-13-14;/h2-3,5,8,15H,4,6,11H2,1H3;1H. The van der Waals surface area contributed by atoms with E-state index < -0.39 is 0 Å². The van der Waals surface area contributed by atoms with Gasteiger partial charge in [-0.2, -0.15) is 0 Å². The molecule has 0 saturated carbocycles. The van der Waals surface area contributed by atoms with E-state index in [1.54, 1.807) is 4.68 Å². The fourth-order valence-electron chi connectivity index (χ4n) is 1.58. The van der Waals surface area contributed by atoms with Crippen molar-refractivity contribution >= 4 is 23.4 Å². The van der Waals surface area contributed by atoms with E-state index in [0.717, 1.165) is 16.6 Å². The molecule has 0 bridgehead atoms. The van der Waals surface area contributed by atoms with E-state index >= 15 is 0 Å². The number of halogens is 1. The molecule has 0 saturated heterocycles. The highest BCUT2D eigenvalue weighted by atomic mass is 35.5. The molecule has 0 radical (unpaired) electrons. The van der Waals surface area contributed by atoms with Crippen LogP contribution in [0.1, 0.15) is 5.56 Å². The van der Waals surface area contributed by atoms with Crippen molar-refractivity contribution in [3.8, 4) is 0 Å². The first-order valence-electron chi connectivity index (χ1n) is 4.85. The lowest BCUT2D eigenvalue weighted by Crippen LogP contribution is -2.26. The van der Waals surface area contributed by atoms with Crippen molar-refractivity contribution in [1.82, 2.24) is 15.0 Å². The van der Waals surface area contributed by atoms with Crippen molar-refractivity contribution in [2.75, 3.05) is 6.61 Å². The van der Waals surface area contributed by atoms with Crippen molar-refractivity contribution in [2.45, 2.75) is 12.5 Å². The van der Waals surface area contributed by atoms with Gasteiger partial charge in [-0.25, -0.2) is 4.68 Å². The van der Waals surface area contributed by atoms with Crippen LogP contribution in [0.25, 0.3) is 11.0 Å². The summed E-state index contributed by atoms with van der Waals surface area (Å²) in [6.07, 6.45) is 0.656. The minimum Gasteiger partial charge on any atom is -0.395 e. The normalized spacial score (nSPS) is 12.4. The highest BCUT2D eigenvalue weighted by molar-refractivity contribution is 5.85. The number of aryl methyl sites for hydroxylation is 1. The number of benzene rings is 1. The molecule has 0 spiro atoms. The van der Waals surface area contributed by atoms with Gasteiger partial charge in [0.1, 0.15) is 5.52 Å². The lowest BCUT2D eigenvalue weighted by Gasteiger charge is -2.07. The predicted octanol–water partition coefficient (Wildman–Crippen LogP) is 0.252. The second kappa shape index (κ2) is 5.25. The topological polar surface area (TPSA) is 77.0 Å². The molecular formula is C10H15ClN4O. The van der Waals surface area contributed by atoms with E-state index in [9.17, 15) is 0 Å². The average Bonchev–Trinajstić information content (AvgIpc) is 2.60. The molecule has 16 heavy (non-hydrogen) atoms. The van der Waals surface area contributed by atoms with Gasteiger partial charge in [-0.3, -0.25) is 0 Å². The zero-order valence-corrected chi connectivity index (χ0v) is 9.81. The van der Waals surface area contributed by atoms with Crippen LogP contribution in [0.2, 0.25) is 0 Å². The number of nitrogens with zero attached hydrogens (tertiary/aromatic N) is 3. The monoisotopic (exact) mass is 242 g/mol. The summed E-state index contributed by atoms with van der Waals surface area (Å²) >= 11 is 0. The molecule has 1 unspecified atom stereocenters. The first kappa shape index (κ1) is 12.9. The maximum Gasteiger partial charge on any atom is 0.113 e. The van der Waals surface area contributed by atoms with Crippen LogP contribution in [-0.2, 0) is 13.5 Å². The van der Waals surface area contributed by atoms with Crippen LogP contribution in [-0.4, -0.2) is 32.7 Å². The van der Waals surface area contributed by atoms with Crippen LogP contribution in [0.15, 0.2) is 18.2 Å². The Morgan fingerprint density at radius 1 is 1.50 bits per heavy atom. The Kier molecular flexibility index (Phi) is 4.23. The Hall–Kier alpha value is -1.17. The maximum absolute atomic E-state index is 8.86. The Balaban J connectivity index is 0.00000128. The van der Waals surface area contributed by atoms with Gasteiger partial charge in [-0.1, -0.05) is 11.3 Å². The minimum absolute atomic E-state index is 0. The smallest absolute Gasteiger partial charge is 0.113 e. The maximum atomic E-state index is 8.86. The van der Waals surface area contributed by atoms with E-state index in [1.165, 1.54) is 0 Å². The molecule has 2 aromatic rings. The van der Waals surface area contributed by atoms with Crippen molar-refractivity contribution < 1.29 is 5.11 Å². The largest absolute Gasteiger partial charge is 0.395 e. The van der Waals surface area contributed by atoms with Crippen LogP contribution < -0.4 is 5.73 Å². The van der Waals surface area contributed by atoms with Crippen LogP contribution in [0.4, 0.5) is 0 Å². The van der Waals surface area contributed by atoms with Crippen LogP contribution in [0.5, 0.6) is 0 Å². The summed E-state index contributed by atoms with van der Waals surface area (Å²) in [6, 6.07) is 5.70. The number of nitrogens with two attached hydrogens (primary N) is 1. The third-order valence-electron chi connectivity index (χ3n) is 2.41. The number of hydrogen-bond acceptors (Lipinski definition) is 4. The Bertz CT molecular complexity index is 471. The second-order valence-corrected chi connectivity index (χ2v) is 3.68. The lowest BCUT2D eigenvalue weighted by molar-refractivity contribution is 0.265. The van der Waals surface area contributed by atoms with E-state index in [-0.39, 0.29) is 25.1 Å².